The number of rotatable bonds is 7. The second kappa shape index (κ2) is 8.17. The van der Waals surface area contributed by atoms with E-state index in [0.29, 0.717) is 24.0 Å². The average molecular weight is 338 g/mol. The summed E-state index contributed by atoms with van der Waals surface area (Å²) in [7, 11) is -0.0838. The van der Waals surface area contributed by atoms with Crippen molar-refractivity contribution in [2.45, 2.75) is 6.54 Å². The number of halogens is 1. The molecular formula is C15H17BClNO5. The molecule has 0 aliphatic rings. The van der Waals surface area contributed by atoms with Crippen molar-refractivity contribution in [2.75, 3.05) is 20.3 Å². The number of methoxy groups -OCH3 is 1. The van der Waals surface area contributed by atoms with Crippen LogP contribution in [0.25, 0.3) is 0 Å². The molecule has 1 aromatic carbocycles. The van der Waals surface area contributed by atoms with Crippen LogP contribution in [-0.2, 0) is 11.3 Å². The summed E-state index contributed by atoms with van der Waals surface area (Å²) in [5.41, 5.74) is 0.542. The standard InChI is InChI=1S/C15H17BClNO5/c1-22-6-7-23-14-3-2-13(17)8-11(14)10-18-5-4-12(16(20)21)9-15(18)19/h2-5,8-9,20-21H,6-7,10H2,1H3. The van der Waals surface area contributed by atoms with E-state index in [1.54, 1.807) is 25.3 Å². The van der Waals surface area contributed by atoms with Crippen LogP contribution in [0.4, 0.5) is 0 Å². The lowest BCUT2D eigenvalue weighted by Gasteiger charge is -2.13. The zero-order valence-corrected chi connectivity index (χ0v) is 13.4. The third kappa shape index (κ3) is 4.84. The summed E-state index contributed by atoms with van der Waals surface area (Å²) >= 11 is 6.02. The molecular weight excluding hydrogens is 320 g/mol. The smallest absolute Gasteiger partial charge is 0.488 e. The molecule has 0 aliphatic carbocycles. The number of aromatic nitrogens is 1. The summed E-state index contributed by atoms with van der Waals surface area (Å²) in [5.74, 6) is 0.615. The summed E-state index contributed by atoms with van der Waals surface area (Å²) in [4.78, 5) is 12.1. The Morgan fingerprint density at radius 1 is 1.22 bits per heavy atom. The van der Waals surface area contributed by atoms with E-state index in [9.17, 15) is 4.79 Å². The highest BCUT2D eigenvalue weighted by atomic mass is 35.5. The predicted octanol–water partition coefficient (Wildman–Crippen LogP) is 0.255. The summed E-state index contributed by atoms with van der Waals surface area (Å²) in [6.07, 6.45) is 1.50. The molecule has 122 valence electrons. The molecule has 2 aromatic rings. The normalized spacial score (nSPS) is 10.6. The first kappa shape index (κ1) is 17.6. The maximum absolute atomic E-state index is 12.1. The molecule has 8 heteroatoms. The maximum atomic E-state index is 12.1. The molecule has 6 nitrogen and oxygen atoms in total. The van der Waals surface area contributed by atoms with Crippen LogP contribution in [-0.4, -0.2) is 42.1 Å². The number of ether oxygens (including phenoxy) is 2. The van der Waals surface area contributed by atoms with Crippen molar-refractivity contribution in [3.63, 3.8) is 0 Å². The van der Waals surface area contributed by atoms with Crippen molar-refractivity contribution in [1.29, 1.82) is 0 Å². The minimum atomic E-state index is -1.67. The van der Waals surface area contributed by atoms with E-state index in [1.165, 1.54) is 22.9 Å². The lowest BCUT2D eigenvalue weighted by molar-refractivity contribution is 0.145. The van der Waals surface area contributed by atoms with Gasteiger partial charge in [-0.2, -0.15) is 0 Å². The molecule has 0 atom stereocenters. The van der Waals surface area contributed by atoms with Gasteiger partial charge in [0.05, 0.1) is 13.2 Å². The number of hydrogen-bond acceptors (Lipinski definition) is 5. The van der Waals surface area contributed by atoms with Crippen molar-refractivity contribution < 1.29 is 19.5 Å². The SMILES string of the molecule is COCCOc1ccc(Cl)cc1Cn1ccc(B(O)O)cc1=O. The van der Waals surface area contributed by atoms with Gasteiger partial charge in [0.15, 0.2) is 0 Å². The first-order valence-corrected chi connectivity index (χ1v) is 7.35. The van der Waals surface area contributed by atoms with E-state index in [2.05, 4.69) is 0 Å². The van der Waals surface area contributed by atoms with Crippen LogP contribution in [0.2, 0.25) is 5.02 Å². The Hall–Kier alpha value is -1.80. The molecule has 2 N–H and O–H groups in total. The van der Waals surface area contributed by atoms with Gasteiger partial charge >= 0.3 is 7.12 Å². The van der Waals surface area contributed by atoms with Crippen molar-refractivity contribution >= 4 is 24.2 Å². The fourth-order valence-electron chi connectivity index (χ4n) is 2.05. The zero-order valence-electron chi connectivity index (χ0n) is 12.6. The van der Waals surface area contributed by atoms with Crippen molar-refractivity contribution in [1.82, 2.24) is 4.57 Å². The predicted molar refractivity (Wildman–Crippen MR) is 88.5 cm³/mol. The number of benzene rings is 1. The Bertz CT molecular complexity index is 719. The van der Waals surface area contributed by atoms with Gasteiger partial charge in [-0.25, -0.2) is 0 Å². The molecule has 0 radical (unpaired) electrons. The van der Waals surface area contributed by atoms with Gasteiger partial charge in [0.25, 0.3) is 0 Å². The molecule has 0 aliphatic heterocycles. The highest BCUT2D eigenvalue weighted by molar-refractivity contribution is 6.58. The van der Waals surface area contributed by atoms with Gasteiger partial charge in [-0.1, -0.05) is 11.6 Å². The summed E-state index contributed by atoms with van der Waals surface area (Å²) in [6.45, 7) is 1.09. The highest BCUT2D eigenvalue weighted by Crippen LogP contribution is 2.23. The molecule has 0 fully saturated rings. The van der Waals surface area contributed by atoms with Crippen LogP contribution in [0.5, 0.6) is 5.75 Å². The van der Waals surface area contributed by atoms with Crippen molar-refractivity contribution in [3.05, 3.63) is 57.5 Å². The lowest BCUT2D eigenvalue weighted by Crippen LogP contribution is -2.35. The first-order valence-electron chi connectivity index (χ1n) is 6.98. The topological polar surface area (TPSA) is 80.9 Å². The van der Waals surface area contributed by atoms with Gasteiger partial charge in [0.1, 0.15) is 12.4 Å². The molecule has 0 spiro atoms. The third-order valence-corrected chi connectivity index (χ3v) is 3.46. The molecule has 0 amide bonds. The summed E-state index contributed by atoms with van der Waals surface area (Å²) in [5, 5.41) is 18.7. The van der Waals surface area contributed by atoms with Crippen LogP contribution in [0, 0.1) is 0 Å². The largest absolute Gasteiger partial charge is 0.491 e. The zero-order chi connectivity index (χ0) is 16.8. The molecule has 2 rings (SSSR count). The van der Waals surface area contributed by atoms with Gasteiger partial charge < -0.3 is 24.1 Å². The van der Waals surface area contributed by atoms with Gasteiger partial charge in [0, 0.05) is 30.0 Å². The van der Waals surface area contributed by atoms with Gasteiger partial charge in [-0.05, 0) is 29.7 Å². The van der Waals surface area contributed by atoms with E-state index in [1.807, 2.05) is 0 Å². The molecule has 0 saturated heterocycles. The maximum Gasteiger partial charge on any atom is 0.488 e. The molecule has 0 saturated carbocycles. The molecule has 23 heavy (non-hydrogen) atoms. The number of nitrogens with zero attached hydrogens (tertiary/aromatic N) is 1. The van der Waals surface area contributed by atoms with Crippen molar-refractivity contribution in [2.24, 2.45) is 0 Å². The fourth-order valence-corrected chi connectivity index (χ4v) is 2.24. The summed E-state index contributed by atoms with van der Waals surface area (Å²) in [6, 6.07) is 7.83. The monoisotopic (exact) mass is 337 g/mol. The van der Waals surface area contributed by atoms with Crippen molar-refractivity contribution in [3.8, 4) is 5.75 Å². The van der Waals surface area contributed by atoms with E-state index in [4.69, 9.17) is 31.1 Å². The summed E-state index contributed by atoms with van der Waals surface area (Å²) < 4.78 is 12.0. The number of hydrogen-bond donors (Lipinski definition) is 2. The molecule has 1 heterocycles. The fraction of sp³-hybridized carbons (Fsp3) is 0.267. The highest BCUT2D eigenvalue weighted by Gasteiger charge is 2.13. The molecule has 1 aromatic heterocycles. The lowest BCUT2D eigenvalue weighted by atomic mass is 9.81. The number of pyridine rings is 1. The molecule has 0 bridgehead atoms. The Kier molecular flexibility index (Phi) is 6.24. The average Bonchev–Trinajstić information content (AvgIpc) is 2.51. The van der Waals surface area contributed by atoms with E-state index in [0.717, 1.165) is 5.56 Å². The quantitative estimate of drug-likeness (QED) is 0.559. The van der Waals surface area contributed by atoms with E-state index in [-0.39, 0.29) is 17.6 Å². The van der Waals surface area contributed by atoms with Crippen LogP contribution in [0.15, 0.2) is 41.3 Å². The van der Waals surface area contributed by atoms with Crippen LogP contribution >= 0.6 is 11.6 Å². The van der Waals surface area contributed by atoms with Gasteiger partial charge in [0.2, 0.25) is 5.56 Å². The van der Waals surface area contributed by atoms with E-state index >= 15 is 0 Å². The Balaban J connectivity index is 2.25. The Morgan fingerprint density at radius 3 is 2.65 bits per heavy atom. The van der Waals surface area contributed by atoms with Gasteiger partial charge in [-0.15, -0.1) is 0 Å². The second-order valence-corrected chi connectivity index (χ2v) is 5.33. The minimum Gasteiger partial charge on any atom is -0.491 e. The third-order valence-electron chi connectivity index (χ3n) is 3.23. The van der Waals surface area contributed by atoms with Crippen LogP contribution < -0.4 is 15.8 Å². The second-order valence-electron chi connectivity index (χ2n) is 4.89. The minimum absolute atomic E-state index is 0.147. The van der Waals surface area contributed by atoms with E-state index < -0.39 is 7.12 Å². The Labute approximate surface area is 139 Å². The van der Waals surface area contributed by atoms with Crippen LogP contribution in [0.3, 0.4) is 0 Å². The van der Waals surface area contributed by atoms with Gasteiger partial charge in [-0.3, -0.25) is 4.79 Å². The first-order chi connectivity index (χ1) is 11.0. The van der Waals surface area contributed by atoms with Crippen LogP contribution in [0.1, 0.15) is 5.56 Å². The Morgan fingerprint density at radius 2 is 2.00 bits per heavy atom. The molecule has 0 unspecified atom stereocenters.